The van der Waals surface area contributed by atoms with Gasteiger partial charge in [-0.05, 0) is 36.6 Å². The molecule has 146 valence electrons. The van der Waals surface area contributed by atoms with Crippen LogP contribution in [0.3, 0.4) is 0 Å². The fraction of sp³-hybridized carbons (Fsp3) is 0.348. The number of amides is 1. The monoisotopic (exact) mass is 377 g/mol. The van der Waals surface area contributed by atoms with Crippen LogP contribution in [0.2, 0.25) is 0 Å². The smallest absolute Gasteiger partial charge is 0.224 e. The van der Waals surface area contributed by atoms with E-state index >= 15 is 0 Å². The van der Waals surface area contributed by atoms with Crippen molar-refractivity contribution >= 4 is 22.5 Å². The number of aryl methyl sites for hydroxylation is 1. The van der Waals surface area contributed by atoms with Crippen LogP contribution in [0.5, 0.6) is 5.75 Å². The van der Waals surface area contributed by atoms with Crippen molar-refractivity contribution in [1.82, 2.24) is 9.47 Å². The highest BCUT2D eigenvalue weighted by atomic mass is 16.5. The summed E-state index contributed by atoms with van der Waals surface area (Å²) in [6.45, 7) is 6.56. The average Bonchev–Trinajstić information content (AvgIpc) is 3.16. The van der Waals surface area contributed by atoms with Crippen LogP contribution < -0.4 is 9.64 Å². The Morgan fingerprint density at radius 2 is 1.71 bits per heavy atom. The highest BCUT2D eigenvalue weighted by Gasteiger charge is 2.22. The first-order chi connectivity index (χ1) is 13.8. The van der Waals surface area contributed by atoms with Crippen LogP contribution in [0, 0.1) is 0 Å². The van der Waals surface area contributed by atoms with Crippen molar-refractivity contribution in [2.75, 3.05) is 37.7 Å². The van der Waals surface area contributed by atoms with Crippen molar-refractivity contribution in [2.24, 2.45) is 0 Å². The third-order valence-electron chi connectivity index (χ3n) is 5.38. The number of hydrogen-bond donors (Lipinski definition) is 0. The number of carbonyl (C=O) groups excluding carboxylic acids is 1. The summed E-state index contributed by atoms with van der Waals surface area (Å²) in [6, 6.07) is 18.5. The van der Waals surface area contributed by atoms with Crippen molar-refractivity contribution in [3.63, 3.8) is 0 Å². The Labute approximate surface area is 166 Å². The van der Waals surface area contributed by atoms with Crippen LogP contribution in [0.4, 0.5) is 5.69 Å². The van der Waals surface area contributed by atoms with Gasteiger partial charge in [0, 0.05) is 50.9 Å². The standard InChI is InChI=1S/C23H27N3O2/c1-2-28-22-10-6-5-9-21(22)25-15-17-26(18-16-25)23(27)12-14-24-13-11-19-7-3-4-8-20(19)24/h3-11,13H,2,12,14-18H2,1H3. The minimum atomic E-state index is 0.232. The Morgan fingerprint density at radius 1 is 0.964 bits per heavy atom. The Bertz CT molecular complexity index is 942. The molecule has 1 aliphatic rings. The van der Waals surface area contributed by atoms with E-state index < -0.39 is 0 Å². The molecule has 0 atom stereocenters. The molecule has 2 aromatic carbocycles. The number of para-hydroxylation sites is 3. The molecule has 4 rings (SSSR count). The number of anilines is 1. The van der Waals surface area contributed by atoms with Crippen molar-refractivity contribution in [3.8, 4) is 5.75 Å². The highest BCUT2D eigenvalue weighted by molar-refractivity contribution is 5.80. The summed E-state index contributed by atoms with van der Waals surface area (Å²) in [4.78, 5) is 17.0. The number of hydrogen-bond acceptors (Lipinski definition) is 3. The van der Waals surface area contributed by atoms with Gasteiger partial charge in [-0.1, -0.05) is 30.3 Å². The predicted octanol–water partition coefficient (Wildman–Crippen LogP) is 3.78. The SMILES string of the molecule is CCOc1ccccc1N1CCN(C(=O)CCn2ccc3ccccc32)CC1. The van der Waals surface area contributed by atoms with E-state index in [0.29, 0.717) is 13.0 Å². The van der Waals surface area contributed by atoms with Crippen LogP contribution in [0.1, 0.15) is 13.3 Å². The maximum Gasteiger partial charge on any atom is 0.224 e. The fourth-order valence-electron chi connectivity index (χ4n) is 3.90. The van der Waals surface area contributed by atoms with Gasteiger partial charge < -0.3 is 19.1 Å². The zero-order chi connectivity index (χ0) is 19.3. The second-order valence-electron chi connectivity index (χ2n) is 7.09. The van der Waals surface area contributed by atoms with Gasteiger partial charge in [-0.25, -0.2) is 0 Å². The van der Waals surface area contributed by atoms with E-state index in [1.165, 1.54) is 10.9 Å². The highest BCUT2D eigenvalue weighted by Crippen LogP contribution is 2.29. The molecule has 3 aromatic rings. The van der Waals surface area contributed by atoms with E-state index in [4.69, 9.17) is 4.74 Å². The second kappa shape index (κ2) is 8.38. The van der Waals surface area contributed by atoms with Gasteiger partial charge in [-0.3, -0.25) is 4.79 Å². The normalized spacial score (nSPS) is 14.5. The number of aromatic nitrogens is 1. The lowest BCUT2D eigenvalue weighted by molar-refractivity contribution is -0.131. The average molecular weight is 377 g/mol. The first kappa shape index (κ1) is 18.4. The van der Waals surface area contributed by atoms with Crippen molar-refractivity contribution in [2.45, 2.75) is 19.9 Å². The number of benzene rings is 2. The molecule has 5 nitrogen and oxygen atoms in total. The lowest BCUT2D eigenvalue weighted by Crippen LogP contribution is -2.49. The first-order valence-corrected chi connectivity index (χ1v) is 10.0. The molecule has 0 unspecified atom stereocenters. The number of rotatable bonds is 6. The minimum Gasteiger partial charge on any atom is -0.492 e. The molecule has 1 amide bonds. The number of nitrogens with zero attached hydrogens (tertiary/aromatic N) is 3. The van der Waals surface area contributed by atoms with Crippen molar-refractivity contribution < 1.29 is 9.53 Å². The number of ether oxygens (including phenoxy) is 1. The molecule has 0 saturated carbocycles. The number of carbonyl (C=O) groups is 1. The van der Waals surface area contributed by atoms with Gasteiger partial charge in [0.1, 0.15) is 5.75 Å². The van der Waals surface area contributed by atoms with Crippen LogP contribution in [0.25, 0.3) is 10.9 Å². The molecule has 0 N–H and O–H groups in total. The molecular formula is C23H27N3O2. The quantitative estimate of drug-likeness (QED) is 0.656. The molecule has 5 heteroatoms. The molecular weight excluding hydrogens is 350 g/mol. The Balaban J connectivity index is 1.33. The lowest BCUT2D eigenvalue weighted by Gasteiger charge is -2.36. The maximum absolute atomic E-state index is 12.7. The number of piperazine rings is 1. The molecule has 28 heavy (non-hydrogen) atoms. The van der Waals surface area contributed by atoms with Gasteiger partial charge in [-0.15, -0.1) is 0 Å². The third kappa shape index (κ3) is 3.84. The summed E-state index contributed by atoms with van der Waals surface area (Å²) < 4.78 is 7.92. The van der Waals surface area contributed by atoms with Gasteiger partial charge in [0.25, 0.3) is 0 Å². The summed E-state index contributed by atoms with van der Waals surface area (Å²) in [6.07, 6.45) is 2.61. The summed E-state index contributed by atoms with van der Waals surface area (Å²) in [5.74, 6) is 1.15. The largest absolute Gasteiger partial charge is 0.492 e. The minimum absolute atomic E-state index is 0.232. The first-order valence-electron chi connectivity index (χ1n) is 10.0. The van der Waals surface area contributed by atoms with Crippen molar-refractivity contribution in [1.29, 1.82) is 0 Å². The number of fused-ring (bicyclic) bond motifs is 1. The maximum atomic E-state index is 12.7. The van der Waals surface area contributed by atoms with Gasteiger partial charge in [0.2, 0.25) is 5.91 Å². The van der Waals surface area contributed by atoms with Crippen LogP contribution in [-0.4, -0.2) is 48.2 Å². The summed E-state index contributed by atoms with van der Waals surface area (Å²) in [5.41, 5.74) is 2.31. The molecule has 1 aliphatic heterocycles. The van der Waals surface area contributed by atoms with E-state index in [9.17, 15) is 4.79 Å². The van der Waals surface area contributed by atoms with Gasteiger partial charge in [-0.2, -0.15) is 0 Å². The molecule has 0 bridgehead atoms. The zero-order valence-corrected chi connectivity index (χ0v) is 16.4. The van der Waals surface area contributed by atoms with E-state index in [0.717, 1.165) is 44.2 Å². The molecule has 0 radical (unpaired) electrons. The molecule has 1 fully saturated rings. The van der Waals surface area contributed by atoms with Crippen molar-refractivity contribution in [3.05, 3.63) is 60.8 Å². The second-order valence-corrected chi connectivity index (χ2v) is 7.09. The molecule has 0 spiro atoms. The molecule has 2 heterocycles. The van der Waals surface area contributed by atoms with E-state index in [1.54, 1.807) is 0 Å². The Hall–Kier alpha value is -2.95. The summed E-state index contributed by atoms with van der Waals surface area (Å²) in [5, 5.41) is 1.22. The predicted molar refractivity (Wildman–Crippen MR) is 113 cm³/mol. The zero-order valence-electron chi connectivity index (χ0n) is 16.4. The van der Waals surface area contributed by atoms with Gasteiger partial charge in [0.15, 0.2) is 0 Å². The molecule has 1 saturated heterocycles. The Kier molecular flexibility index (Phi) is 5.51. The third-order valence-corrected chi connectivity index (χ3v) is 5.38. The van der Waals surface area contributed by atoms with Gasteiger partial charge >= 0.3 is 0 Å². The van der Waals surface area contributed by atoms with E-state index in [2.05, 4.69) is 39.9 Å². The van der Waals surface area contributed by atoms with Gasteiger partial charge in [0.05, 0.1) is 12.3 Å². The van der Waals surface area contributed by atoms with E-state index in [-0.39, 0.29) is 5.91 Å². The lowest BCUT2D eigenvalue weighted by atomic mass is 10.2. The van der Waals surface area contributed by atoms with Crippen LogP contribution >= 0.6 is 0 Å². The fourth-order valence-corrected chi connectivity index (χ4v) is 3.90. The topological polar surface area (TPSA) is 37.7 Å². The molecule has 1 aromatic heterocycles. The molecule has 0 aliphatic carbocycles. The summed E-state index contributed by atoms with van der Waals surface area (Å²) >= 11 is 0. The Morgan fingerprint density at radius 3 is 2.54 bits per heavy atom. The van der Waals surface area contributed by atoms with Crippen LogP contribution in [0.15, 0.2) is 60.8 Å². The summed E-state index contributed by atoms with van der Waals surface area (Å²) in [7, 11) is 0. The van der Waals surface area contributed by atoms with E-state index in [1.807, 2.05) is 42.2 Å². The van der Waals surface area contributed by atoms with Crippen LogP contribution in [-0.2, 0) is 11.3 Å².